The fourth-order valence-electron chi connectivity index (χ4n) is 1.01. The first-order chi connectivity index (χ1) is 4.52. The third kappa shape index (κ3) is 1.84. The van der Waals surface area contributed by atoms with Gasteiger partial charge in [-0.3, -0.25) is 0 Å². The van der Waals surface area contributed by atoms with Crippen molar-refractivity contribution in [2.45, 2.75) is 45.8 Å². The van der Waals surface area contributed by atoms with Gasteiger partial charge < -0.3 is 4.74 Å². The van der Waals surface area contributed by atoms with Gasteiger partial charge in [0.1, 0.15) is 0 Å². The summed E-state index contributed by atoms with van der Waals surface area (Å²) in [5.74, 6) is 0. The Morgan fingerprint density at radius 2 is 2.00 bits per heavy atom. The molecule has 1 fully saturated rings. The molecule has 0 spiro atoms. The number of epoxide rings is 1. The van der Waals surface area contributed by atoms with Gasteiger partial charge >= 0.3 is 0 Å². The van der Waals surface area contributed by atoms with E-state index in [-0.39, 0.29) is 5.60 Å². The molecule has 0 unspecified atom stereocenters. The van der Waals surface area contributed by atoms with Crippen LogP contribution in [0.15, 0.2) is 11.6 Å². The zero-order valence-electron chi connectivity index (χ0n) is 7.27. The summed E-state index contributed by atoms with van der Waals surface area (Å²) < 4.78 is 5.41. The van der Waals surface area contributed by atoms with E-state index in [9.17, 15) is 0 Å². The van der Waals surface area contributed by atoms with Gasteiger partial charge in [0.25, 0.3) is 0 Å². The van der Waals surface area contributed by atoms with E-state index in [0.717, 1.165) is 6.42 Å². The Morgan fingerprint density at radius 3 is 2.30 bits per heavy atom. The zero-order valence-corrected chi connectivity index (χ0v) is 7.27. The highest BCUT2D eigenvalue weighted by atomic mass is 16.6. The molecule has 0 amide bonds. The maximum absolute atomic E-state index is 5.41. The van der Waals surface area contributed by atoms with E-state index in [2.05, 4.69) is 33.8 Å². The van der Waals surface area contributed by atoms with E-state index in [1.165, 1.54) is 5.57 Å². The predicted octanol–water partition coefficient (Wildman–Crippen LogP) is 2.52. The Morgan fingerprint density at radius 1 is 1.50 bits per heavy atom. The fraction of sp³-hybridized carbons (Fsp3) is 0.778. The number of ether oxygens (including phenoxy) is 1. The van der Waals surface area contributed by atoms with Crippen molar-refractivity contribution < 1.29 is 4.74 Å². The van der Waals surface area contributed by atoms with Crippen molar-refractivity contribution in [1.29, 1.82) is 0 Å². The largest absolute Gasteiger partial charge is 0.366 e. The van der Waals surface area contributed by atoms with E-state index in [1.54, 1.807) is 0 Å². The second-order valence-electron chi connectivity index (χ2n) is 3.73. The van der Waals surface area contributed by atoms with Crippen LogP contribution in [-0.4, -0.2) is 11.7 Å². The number of hydrogen-bond donors (Lipinski definition) is 0. The average Bonchev–Trinajstić information content (AvgIpc) is 2.35. The van der Waals surface area contributed by atoms with Crippen LogP contribution >= 0.6 is 0 Å². The molecule has 10 heavy (non-hydrogen) atoms. The average molecular weight is 140 g/mol. The van der Waals surface area contributed by atoms with E-state index < -0.39 is 0 Å². The predicted molar refractivity (Wildman–Crippen MR) is 43.0 cm³/mol. The molecule has 1 atom stereocenters. The summed E-state index contributed by atoms with van der Waals surface area (Å²) in [6.07, 6.45) is 3.79. The van der Waals surface area contributed by atoms with Crippen molar-refractivity contribution in [1.82, 2.24) is 0 Å². The van der Waals surface area contributed by atoms with Gasteiger partial charge in [0, 0.05) is 0 Å². The SMILES string of the molecule is CC(C)=CC[C@H]1OC1(C)C. The molecule has 1 aliphatic rings. The Kier molecular flexibility index (Phi) is 1.86. The van der Waals surface area contributed by atoms with Gasteiger partial charge in [0.05, 0.1) is 11.7 Å². The number of hydrogen-bond acceptors (Lipinski definition) is 1. The summed E-state index contributed by atoms with van der Waals surface area (Å²) in [5.41, 5.74) is 1.54. The highest BCUT2D eigenvalue weighted by Gasteiger charge is 2.46. The first kappa shape index (κ1) is 7.80. The van der Waals surface area contributed by atoms with Crippen molar-refractivity contribution in [3.8, 4) is 0 Å². The van der Waals surface area contributed by atoms with Crippen molar-refractivity contribution in [2.75, 3.05) is 0 Å². The van der Waals surface area contributed by atoms with E-state index in [0.29, 0.717) is 6.10 Å². The van der Waals surface area contributed by atoms with Gasteiger partial charge in [-0.15, -0.1) is 0 Å². The molecule has 0 aromatic heterocycles. The Labute approximate surface area is 63.1 Å². The molecule has 1 heterocycles. The molecule has 1 nitrogen and oxygen atoms in total. The van der Waals surface area contributed by atoms with Crippen LogP contribution in [0, 0.1) is 0 Å². The molecule has 0 saturated carbocycles. The standard InChI is InChI=1S/C9H16O/c1-7(2)5-6-8-9(3,4)10-8/h5,8H,6H2,1-4H3/t8-/m1/s1. The van der Waals surface area contributed by atoms with E-state index in [1.807, 2.05) is 0 Å². The summed E-state index contributed by atoms with van der Waals surface area (Å²) in [5, 5.41) is 0. The van der Waals surface area contributed by atoms with Gasteiger partial charge in [0.15, 0.2) is 0 Å². The quantitative estimate of drug-likeness (QED) is 0.424. The van der Waals surface area contributed by atoms with Crippen LogP contribution < -0.4 is 0 Å². The second-order valence-corrected chi connectivity index (χ2v) is 3.73. The molecule has 0 bridgehead atoms. The summed E-state index contributed by atoms with van der Waals surface area (Å²) in [6, 6.07) is 0. The molecule has 1 rings (SSSR count). The van der Waals surface area contributed by atoms with Crippen LogP contribution in [0.4, 0.5) is 0 Å². The Balaban J connectivity index is 2.25. The molecule has 1 heteroatoms. The Hall–Kier alpha value is -0.300. The molecule has 58 valence electrons. The molecular weight excluding hydrogens is 124 g/mol. The van der Waals surface area contributed by atoms with Crippen LogP contribution in [0.3, 0.4) is 0 Å². The minimum absolute atomic E-state index is 0.159. The van der Waals surface area contributed by atoms with E-state index >= 15 is 0 Å². The zero-order chi connectivity index (χ0) is 7.78. The van der Waals surface area contributed by atoms with Crippen LogP contribution in [0.2, 0.25) is 0 Å². The minimum atomic E-state index is 0.159. The summed E-state index contributed by atoms with van der Waals surface area (Å²) >= 11 is 0. The van der Waals surface area contributed by atoms with Crippen molar-refractivity contribution >= 4 is 0 Å². The molecule has 0 aromatic carbocycles. The smallest absolute Gasteiger partial charge is 0.0902 e. The third-order valence-electron chi connectivity index (χ3n) is 1.90. The number of rotatable bonds is 2. The van der Waals surface area contributed by atoms with Crippen molar-refractivity contribution in [3.63, 3.8) is 0 Å². The van der Waals surface area contributed by atoms with Crippen molar-refractivity contribution in [2.24, 2.45) is 0 Å². The fourth-order valence-corrected chi connectivity index (χ4v) is 1.01. The van der Waals surface area contributed by atoms with Gasteiger partial charge in [0.2, 0.25) is 0 Å². The lowest BCUT2D eigenvalue weighted by Crippen LogP contribution is -2.01. The maximum Gasteiger partial charge on any atom is 0.0902 e. The van der Waals surface area contributed by atoms with Crippen LogP contribution in [0.1, 0.15) is 34.1 Å². The Bertz CT molecular complexity index is 152. The van der Waals surface area contributed by atoms with Gasteiger partial charge in [-0.2, -0.15) is 0 Å². The molecule has 0 aromatic rings. The van der Waals surface area contributed by atoms with E-state index in [4.69, 9.17) is 4.74 Å². The topological polar surface area (TPSA) is 12.5 Å². The third-order valence-corrected chi connectivity index (χ3v) is 1.90. The molecule has 1 saturated heterocycles. The summed E-state index contributed by atoms with van der Waals surface area (Å²) in [7, 11) is 0. The van der Waals surface area contributed by atoms with Crippen LogP contribution in [0.25, 0.3) is 0 Å². The summed E-state index contributed by atoms with van der Waals surface area (Å²) in [6.45, 7) is 8.51. The lowest BCUT2D eigenvalue weighted by Gasteiger charge is -1.92. The minimum Gasteiger partial charge on any atom is -0.366 e. The van der Waals surface area contributed by atoms with Crippen LogP contribution in [-0.2, 0) is 4.74 Å². The highest BCUT2D eigenvalue weighted by molar-refractivity contribution is 5.03. The number of allylic oxidation sites excluding steroid dienone is 1. The first-order valence-corrected chi connectivity index (χ1v) is 3.83. The van der Waals surface area contributed by atoms with Gasteiger partial charge in [-0.05, 0) is 34.1 Å². The molecule has 0 radical (unpaired) electrons. The monoisotopic (exact) mass is 140 g/mol. The lowest BCUT2D eigenvalue weighted by atomic mass is 10.1. The first-order valence-electron chi connectivity index (χ1n) is 3.83. The molecule has 0 aliphatic carbocycles. The lowest BCUT2D eigenvalue weighted by molar-refractivity contribution is 0.324. The molecule has 1 aliphatic heterocycles. The normalized spacial score (nSPS) is 27.8. The van der Waals surface area contributed by atoms with Crippen molar-refractivity contribution in [3.05, 3.63) is 11.6 Å². The molecular formula is C9H16O. The second kappa shape index (κ2) is 2.39. The summed E-state index contributed by atoms with van der Waals surface area (Å²) in [4.78, 5) is 0. The maximum atomic E-state index is 5.41. The molecule has 0 N–H and O–H groups in total. The van der Waals surface area contributed by atoms with Gasteiger partial charge in [-0.1, -0.05) is 11.6 Å². The highest BCUT2D eigenvalue weighted by Crippen LogP contribution is 2.37. The van der Waals surface area contributed by atoms with Gasteiger partial charge in [-0.25, -0.2) is 0 Å². The van der Waals surface area contributed by atoms with Crippen LogP contribution in [0.5, 0.6) is 0 Å².